The van der Waals surface area contributed by atoms with Gasteiger partial charge in [0.05, 0.1) is 12.1 Å². The molecule has 2 aliphatic heterocycles. The van der Waals surface area contributed by atoms with Crippen molar-refractivity contribution in [3.8, 4) is 0 Å². The molecule has 2 aliphatic rings. The van der Waals surface area contributed by atoms with Gasteiger partial charge >= 0.3 is 6.18 Å². The monoisotopic (exact) mass is 330 g/mol. The number of alkyl halides is 3. The maximum absolute atomic E-state index is 12.8. The normalized spacial score (nSPS) is 26.7. The minimum atomic E-state index is -4.48. The Hall–Kier alpha value is -1.41. The van der Waals surface area contributed by atoms with Crippen LogP contribution in [0.2, 0.25) is 0 Å². The van der Waals surface area contributed by atoms with Gasteiger partial charge in [-0.05, 0) is 38.4 Å². The van der Waals surface area contributed by atoms with Gasteiger partial charge in [-0.3, -0.25) is 0 Å². The van der Waals surface area contributed by atoms with Crippen LogP contribution in [0.3, 0.4) is 0 Å². The maximum atomic E-state index is 12.8. The lowest BCUT2D eigenvalue weighted by molar-refractivity contribution is -0.141. The second-order valence-electron chi connectivity index (χ2n) is 6.47. The summed E-state index contributed by atoms with van der Waals surface area (Å²) in [6.45, 7) is 3.24. The van der Waals surface area contributed by atoms with Crippen molar-refractivity contribution in [2.75, 3.05) is 37.6 Å². The summed E-state index contributed by atoms with van der Waals surface area (Å²) in [4.78, 5) is 11.4. The van der Waals surface area contributed by atoms with Crippen LogP contribution in [0.15, 0.2) is 12.3 Å². The largest absolute Gasteiger partial charge is 0.433 e. The smallest absolute Gasteiger partial charge is 0.387 e. The molecule has 0 bridgehead atoms. The molecule has 2 fully saturated rings. The Morgan fingerprint density at radius 3 is 2.61 bits per heavy atom. The molecule has 5 nitrogen and oxygen atoms in total. The van der Waals surface area contributed by atoms with Crippen LogP contribution in [0.5, 0.6) is 0 Å². The highest BCUT2D eigenvalue weighted by Gasteiger charge is 2.40. The van der Waals surface area contributed by atoms with E-state index in [0.717, 1.165) is 38.2 Å². The number of aliphatic hydroxyl groups is 1. The van der Waals surface area contributed by atoms with E-state index in [-0.39, 0.29) is 12.5 Å². The number of hydrogen-bond donors (Lipinski definition) is 1. The molecule has 0 saturated carbocycles. The van der Waals surface area contributed by atoms with E-state index in [1.807, 2.05) is 0 Å². The highest BCUT2D eigenvalue weighted by Crippen LogP contribution is 2.30. The number of hydrogen-bond acceptors (Lipinski definition) is 5. The summed E-state index contributed by atoms with van der Waals surface area (Å²) in [5.41, 5.74) is -1.86. The van der Waals surface area contributed by atoms with Crippen LogP contribution in [-0.2, 0) is 6.18 Å². The van der Waals surface area contributed by atoms with E-state index >= 15 is 0 Å². The van der Waals surface area contributed by atoms with Crippen LogP contribution in [0, 0.1) is 0 Å². The first kappa shape index (κ1) is 16.4. The van der Waals surface area contributed by atoms with Crippen molar-refractivity contribution in [1.29, 1.82) is 0 Å². The number of halogens is 3. The first-order valence-corrected chi connectivity index (χ1v) is 7.96. The van der Waals surface area contributed by atoms with E-state index in [0.29, 0.717) is 19.5 Å². The average molecular weight is 330 g/mol. The lowest BCUT2D eigenvalue weighted by Gasteiger charge is -2.33. The Balaban J connectivity index is 1.67. The summed E-state index contributed by atoms with van der Waals surface area (Å²) in [5.74, 6) is 0.0365. The highest BCUT2D eigenvalue weighted by molar-refractivity contribution is 5.34. The van der Waals surface area contributed by atoms with Crippen LogP contribution in [-0.4, -0.2) is 58.3 Å². The van der Waals surface area contributed by atoms with Crippen molar-refractivity contribution in [2.45, 2.75) is 37.5 Å². The topological polar surface area (TPSA) is 52.5 Å². The first-order valence-electron chi connectivity index (χ1n) is 7.96. The minimum absolute atomic E-state index is 0.0365. The van der Waals surface area contributed by atoms with Gasteiger partial charge in [-0.2, -0.15) is 13.2 Å². The molecule has 0 aromatic carbocycles. The van der Waals surface area contributed by atoms with E-state index in [1.165, 1.54) is 6.42 Å². The number of rotatable bonds is 3. The fourth-order valence-electron chi connectivity index (χ4n) is 3.35. The molecule has 1 aromatic rings. The van der Waals surface area contributed by atoms with E-state index in [2.05, 4.69) is 14.9 Å². The lowest BCUT2D eigenvalue weighted by Crippen LogP contribution is -2.46. The molecule has 0 radical (unpaired) electrons. The number of piperidine rings is 1. The molecule has 2 saturated heterocycles. The highest BCUT2D eigenvalue weighted by atomic mass is 19.4. The fourth-order valence-corrected chi connectivity index (χ4v) is 3.35. The molecular formula is C15H21F3N4O. The van der Waals surface area contributed by atoms with Gasteiger partial charge in [0, 0.05) is 19.3 Å². The Morgan fingerprint density at radius 1 is 1.17 bits per heavy atom. The Bertz CT molecular complexity index is 548. The molecule has 8 heteroatoms. The lowest BCUT2D eigenvalue weighted by atomic mass is 10.0. The van der Waals surface area contributed by atoms with Crippen molar-refractivity contribution >= 4 is 5.95 Å². The Kier molecular flexibility index (Phi) is 4.46. The summed E-state index contributed by atoms with van der Waals surface area (Å²) in [5, 5.41) is 10.7. The molecule has 0 amide bonds. The predicted molar refractivity (Wildman–Crippen MR) is 79.1 cm³/mol. The van der Waals surface area contributed by atoms with Crippen molar-refractivity contribution in [3.05, 3.63) is 18.0 Å². The van der Waals surface area contributed by atoms with Gasteiger partial charge in [0.2, 0.25) is 5.95 Å². The quantitative estimate of drug-likeness (QED) is 0.918. The van der Waals surface area contributed by atoms with Gasteiger partial charge in [-0.1, -0.05) is 6.42 Å². The third-order valence-electron chi connectivity index (χ3n) is 4.52. The molecule has 0 unspecified atom stereocenters. The van der Waals surface area contributed by atoms with Gasteiger partial charge in [0.1, 0.15) is 5.69 Å². The summed E-state index contributed by atoms with van der Waals surface area (Å²) in [6, 6.07) is 0.861. The number of anilines is 1. The molecule has 1 aromatic heterocycles. The molecule has 1 N–H and O–H groups in total. The Morgan fingerprint density at radius 2 is 1.91 bits per heavy atom. The molecule has 128 valence electrons. The van der Waals surface area contributed by atoms with Gasteiger partial charge in [0.15, 0.2) is 0 Å². The predicted octanol–water partition coefficient (Wildman–Crippen LogP) is 1.92. The van der Waals surface area contributed by atoms with Gasteiger partial charge < -0.3 is 14.9 Å². The zero-order valence-corrected chi connectivity index (χ0v) is 12.9. The molecule has 0 spiro atoms. The number of likely N-dealkylation sites (tertiary alicyclic amines) is 1. The van der Waals surface area contributed by atoms with Gasteiger partial charge in [-0.25, -0.2) is 9.97 Å². The van der Waals surface area contributed by atoms with Gasteiger partial charge in [0.25, 0.3) is 0 Å². The average Bonchev–Trinajstić information content (AvgIpc) is 2.90. The van der Waals surface area contributed by atoms with Crippen LogP contribution in [0.4, 0.5) is 19.1 Å². The molecular weight excluding hydrogens is 309 g/mol. The van der Waals surface area contributed by atoms with E-state index in [1.54, 1.807) is 4.90 Å². The molecule has 1 atom stereocenters. The van der Waals surface area contributed by atoms with Crippen molar-refractivity contribution < 1.29 is 18.3 Å². The van der Waals surface area contributed by atoms with Crippen LogP contribution in [0.25, 0.3) is 0 Å². The fraction of sp³-hybridized carbons (Fsp3) is 0.733. The molecule has 3 heterocycles. The Labute approximate surface area is 133 Å². The van der Waals surface area contributed by atoms with Gasteiger partial charge in [-0.15, -0.1) is 0 Å². The summed E-state index contributed by atoms with van der Waals surface area (Å²) in [7, 11) is 0. The maximum Gasteiger partial charge on any atom is 0.433 e. The number of nitrogens with zero attached hydrogens (tertiary/aromatic N) is 4. The third-order valence-corrected chi connectivity index (χ3v) is 4.52. The molecule has 3 rings (SSSR count). The van der Waals surface area contributed by atoms with Crippen molar-refractivity contribution in [3.63, 3.8) is 0 Å². The van der Waals surface area contributed by atoms with E-state index in [9.17, 15) is 18.3 Å². The van der Waals surface area contributed by atoms with Crippen LogP contribution in [0.1, 0.15) is 31.4 Å². The van der Waals surface area contributed by atoms with Crippen LogP contribution < -0.4 is 4.90 Å². The molecule has 23 heavy (non-hydrogen) atoms. The third kappa shape index (κ3) is 3.92. The van der Waals surface area contributed by atoms with Crippen molar-refractivity contribution in [1.82, 2.24) is 14.9 Å². The van der Waals surface area contributed by atoms with E-state index < -0.39 is 17.5 Å². The number of aromatic nitrogens is 2. The number of β-amino-alcohol motifs (C(OH)–C–C–N with tert-alkyl or cyclic N) is 1. The first-order chi connectivity index (χ1) is 10.9. The summed E-state index contributed by atoms with van der Waals surface area (Å²) < 4.78 is 38.3. The zero-order chi connectivity index (χ0) is 16.5. The van der Waals surface area contributed by atoms with Crippen LogP contribution >= 0.6 is 0 Å². The van der Waals surface area contributed by atoms with E-state index in [4.69, 9.17) is 0 Å². The second-order valence-corrected chi connectivity index (χ2v) is 6.47. The minimum Gasteiger partial charge on any atom is -0.387 e. The zero-order valence-electron chi connectivity index (χ0n) is 12.9. The second kappa shape index (κ2) is 6.24. The summed E-state index contributed by atoms with van der Waals surface area (Å²) >= 11 is 0. The molecule has 0 aliphatic carbocycles. The SMILES string of the molecule is O[C@@]1(CN2CCCCC2)CCN(c2nccc(C(F)(F)F)n2)C1. The van der Waals surface area contributed by atoms with Crippen molar-refractivity contribution in [2.24, 2.45) is 0 Å². The standard InChI is InChI=1S/C15H21F3N4O/c16-15(17,18)12-4-6-19-13(20-12)22-9-5-14(23,11-22)10-21-7-2-1-3-8-21/h4,6,23H,1-3,5,7-11H2/t14-/m1/s1. The summed E-state index contributed by atoms with van der Waals surface area (Å²) in [6.07, 6.45) is 0.643.